The van der Waals surface area contributed by atoms with E-state index in [-0.39, 0.29) is 0 Å². The third kappa shape index (κ3) is 3.78. The molecule has 1 aromatic carbocycles. The van der Waals surface area contributed by atoms with Gasteiger partial charge in [-0.3, -0.25) is 0 Å². The Morgan fingerprint density at radius 3 is 2.64 bits per heavy atom. The quantitative estimate of drug-likeness (QED) is 0.748. The fourth-order valence-corrected chi connectivity index (χ4v) is 2.68. The Hall–Kier alpha value is -2.04. The highest BCUT2D eigenvalue weighted by Crippen LogP contribution is 2.34. The summed E-state index contributed by atoms with van der Waals surface area (Å²) >= 11 is 0. The summed E-state index contributed by atoms with van der Waals surface area (Å²) in [6, 6.07) is 6.06. The van der Waals surface area contributed by atoms with E-state index in [2.05, 4.69) is 27.8 Å². The molecule has 1 heterocycles. The summed E-state index contributed by atoms with van der Waals surface area (Å²) in [5.74, 6) is 3.01. The predicted molar refractivity (Wildman–Crippen MR) is 86.6 cm³/mol. The number of aryl methyl sites for hydroxylation is 1. The van der Waals surface area contributed by atoms with E-state index in [9.17, 15) is 0 Å². The first kappa shape index (κ1) is 16.3. The molecule has 0 bridgehead atoms. The van der Waals surface area contributed by atoms with Crippen molar-refractivity contribution < 1.29 is 9.47 Å². The summed E-state index contributed by atoms with van der Waals surface area (Å²) in [5.41, 5.74) is 1.21. The number of nitrogens with zero attached hydrogens (tertiary/aromatic N) is 3. The van der Waals surface area contributed by atoms with E-state index in [1.165, 1.54) is 18.4 Å². The van der Waals surface area contributed by atoms with Crippen molar-refractivity contribution in [1.29, 1.82) is 0 Å². The van der Waals surface area contributed by atoms with Crippen LogP contribution in [0.25, 0.3) is 0 Å². The molecule has 22 heavy (non-hydrogen) atoms. The van der Waals surface area contributed by atoms with E-state index in [1.54, 1.807) is 20.5 Å². The summed E-state index contributed by atoms with van der Waals surface area (Å²) < 4.78 is 13.0. The zero-order chi connectivity index (χ0) is 15.9. The van der Waals surface area contributed by atoms with Gasteiger partial charge in [0.2, 0.25) is 0 Å². The van der Waals surface area contributed by atoms with Gasteiger partial charge >= 0.3 is 0 Å². The van der Waals surface area contributed by atoms with Crippen LogP contribution in [0, 0.1) is 6.92 Å². The molecule has 0 aliphatic rings. The van der Waals surface area contributed by atoms with Gasteiger partial charge in [0.25, 0.3) is 0 Å². The standard InChI is InChI=1S/C17H25N3O2/c1-5-6-7-14(11-20-12-18-19-13(20)2)16-9-8-15(21-3)10-17(16)22-4/h8-10,12,14H,5-7,11H2,1-4H3. The fraction of sp³-hybridized carbons (Fsp3) is 0.529. The second-order valence-corrected chi connectivity index (χ2v) is 5.48. The van der Waals surface area contributed by atoms with Gasteiger partial charge in [-0.25, -0.2) is 0 Å². The van der Waals surface area contributed by atoms with E-state index < -0.39 is 0 Å². The minimum atomic E-state index is 0.371. The molecule has 0 N–H and O–H groups in total. The molecule has 0 spiro atoms. The molecule has 0 saturated heterocycles. The number of unbranched alkanes of at least 4 members (excludes halogenated alkanes) is 1. The van der Waals surface area contributed by atoms with Crippen LogP contribution in [0.2, 0.25) is 0 Å². The molecule has 1 aromatic heterocycles. The molecule has 5 nitrogen and oxygen atoms in total. The van der Waals surface area contributed by atoms with E-state index in [0.717, 1.165) is 30.3 Å². The Bertz CT molecular complexity index is 595. The maximum Gasteiger partial charge on any atom is 0.129 e. The predicted octanol–water partition coefficient (Wildman–Crippen LogP) is 3.58. The molecule has 5 heteroatoms. The van der Waals surface area contributed by atoms with E-state index in [0.29, 0.717) is 5.92 Å². The maximum atomic E-state index is 5.58. The Morgan fingerprint density at radius 2 is 2.05 bits per heavy atom. The molecule has 0 aliphatic carbocycles. The van der Waals surface area contributed by atoms with Crippen LogP contribution in [0.15, 0.2) is 24.5 Å². The van der Waals surface area contributed by atoms with Crippen LogP contribution in [0.5, 0.6) is 11.5 Å². The number of rotatable bonds is 8. The first-order valence-corrected chi connectivity index (χ1v) is 7.75. The molecular formula is C17H25N3O2. The number of hydrogen-bond donors (Lipinski definition) is 0. The summed E-state index contributed by atoms with van der Waals surface area (Å²) in [6.45, 7) is 5.06. The van der Waals surface area contributed by atoms with Crippen molar-refractivity contribution in [2.45, 2.75) is 45.6 Å². The SMILES string of the molecule is CCCCC(Cn1cnnc1C)c1ccc(OC)cc1OC. The van der Waals surface area contributed by atoms with Gasteiger partial charge in [-0.1, -0.05) is 25.8 Å². The third-order valence-electron chi connectivity index (χ3n) is 4.01. The van der Waals surface area contributed by atoms with Crippen LogP contribution in [-0.2, 0) is 6.54 Å². The van der Waals surface area contributed by atoms with Crippen LogP contribution in [-0.4, -0.2) is 29.0 Å². The zero-order valence-electron chi connectivity index (χ0n) is 13.9. The largest absolute Gasteiger partial charge is 0.497 e. The molecule has 1 unspecified atom stereocenters. The van der Waals surface area contributed by atoms with E-state index in [4.69, 9.17) is 9.47 Å². The number of methoxy groups -OCH3 is 2. The molecule has 2 aromatic rings. The lowest BCUT2D eigenvalue weighted by molar-refractivity contribution is 0.382. The molecule has 120 valence electrons. The van der Waals surface area contributed by atoms with Crippen LogP contribution < -0.4 is 9.47 Å². The second-order valence-electron chi connectivity index (χ2n) is 5.48. The molecular weight excluding hydrogens is 278 g/mol. The van der Waals surface area contributed by atoms with Gasteiger partial charge in [0.1, 0.15) is 23.7 Å². The molecule has 0 fully saturated rings. The summed E-state index contributed by atoms with van der Waals surface area (Å²) in [7, 11) is 3.38. The van der Waals surface area contributed by atoms with E-state index >= 15 is 0 Å². The first-order chi connectivity index (χ1) is 10.7. The second kappa shape index (κ2) is 7.82. The van der Waals surface area contributed by atoms with Crippen LogP contribution in [0.3, 0.4) is 0 Å². The normalized spacial score (nSPS) is 12.2. The third-order valence-corrected chi connectivity index (χ3v) is 4.01. The number of benzene rings is 1. The number of ether oxygens (including phenoxy) is 2. The van der Waals surface area contributed by atoms with E-state index in [1.807, 2.05) is 19.1 Å². The van der Waals surface area contributed by atoms with Crippen molar-refractivity contribution in [3.05, 3.63) is 35.9 Å². The monoisotopic (exact) mass is 303 g/mol. The summed E-state index contributed by atoms with van der Waals surface area (Å²) in [4.78, 5) is 0. The number of aromatic nitrogens is 3. The van der Waals surface area contributed by atoms with Crippen molar-refractivity contribution in [1.82, 2.24) is 14.8 Å². The average Bonchev–Trinajstić information content (AvgIpc) is 2.95. The average molecular weight is 303 g/mol. The molecule has 1 atom stereocenters. The van der Waals surface area contributed by atoms with Crippen molar-refractivity contribution >= 4 is 0 Å². The lowest BCUT2D eigenvalue weighted by Crippen LogP contribution is -2.11. The lowest BCUT2D eigenvalue weighted by Gasteiger charge is -2.21. The van der Waals surface area contributed by atoms with Crippen molar-refractivity contribution in [3.63, 3.8) is 0 Å². The molecule has 0 aliphatic heterocycles. The Balaban J connectivity index is 2.30. The van der Waals surface area contributed by atoms with Gasteiger partial charge in [-0.2, -0.15) is 0 Å². The van der Waals surface area contributed by atoms with Gasteiger partial charge in [-0.15, -0.1) is 10.2 Å². The number of hydrogen-bond acceptors (Lipinski definition) is 4. The topological polar surface area (TPSA) is 49.2 Å². The molecule has 0 radical (unpaired) electrons. The van der Waals surface area contributed by atoms with Gasteiger partial charge in [0.15, 0.2) is 0 Å². The highest BCUT2D eigenvalue weighted by atomic mass is 16.5. The smallest absolute Gasteiger partial charge is 0.129 e. The van der Waals surface area contributed by atoms with Gasteiger partial charge in [-0.05, 0) is 25.0 Å². The van der Waals surface area contributed by atoms with Crippen molar-refractivity contribution in [3.8, 4) is 11.5 Å². The van der Waals surface area contributed by atoms with Gasteiger partial charge in [0, 0.05) is 18.5 Å². The van der Waals surface area contributed by atoms with Crippen molar-refractivity contribution in [2.24, 2.45) is 0 Å². The maximum absolute atomic E-state index is 5.58. The van der Waals surface area contributed by atoms with Crippen LogP contribution in [0.1, 0.15) is 43.5 Å². The zero-order valence-corrected chi connectivity index (χ0v) is 13.9. The fourth-order valence-electron chi connectivity index (χ4n) is 2.68. The molecule has 0 amide bonds. The molecule has 2 rings (SSSR count). The highest BCUT2D eigenvalue weighted by molar-refractivity contribution is 5.42. The minimum Gasteiger partial charge on any atom is -0.497 e. The van der Waals surface area contributed by atoms with Gasteiger partial charge < -0.3 is 14.0 Å². The summed E-state index contributed by atoms with van der Waals surface area (Å²) in [6.07, 6.45) is 5.26. The molecule has 0 saturated carbocycles. The summed E-state index contributed by atoms with van der Waals surface area (Å²) in [5, 5.41) is 8.06. The van der Waals surface area contributed by atoms with Gasteiger partial charge in [0.05, 0.1) is 14.2 Å². The Kier molecular flexibility index (Phi) is 5.81. The Morgan fingerprint density at radius 1 is 1.23 bits per heavy atom. The lowest BCUT2D eigenvalue weighted by atomic mass is 9.92. The van der Waals surface area contributed by atoms with Crippen LogP contribution in [0.4, 0.5) is 0 Å². The Labute approximate surface area is 132 Å². The minimum absolute atomic E-state index is 0.371. The first-order valence-electron chi connectivity index (χ1n) is 7.75. The van der Waals surface area contributed by atoms with Crippen molar-refractivity contribution in [2.75, 3.05) is 14.2 Å². The highest BCUT2D eigenvalue weighted by Gasteiger charge is 2.18. The van der Waals surface area contributed by atoms with Crippen LogP contribution >= 0.6 is 0 Å².